The second kappa shape index (κ2) is 6.85. The highest BCUT2D eigenvalue weighted by Crippen LogP contribution is 2.33. The Bertz CT molecular complexity index is 1100. The Hall–Kier alpha value is -3.37. The Morgan fingerprint density at radius 3 is 2.83 bits per heavy atom. The van der Waals surface area contributed by atoms with Crippen LogP contribution in [0.3, 0.4) is 0 Å². The van der Waals surface area contributed by atoms with Crippen molar-refractivity contribution in [2.75, 3.05) is 6.61 Å². The number of halogens is 3. The van der Waals surface area contributed by atoms with E-state index in [2.05, 4.69) is 20.5 Å². The van der Waals surface area contributed by atoms with E-state index in [-0.39, 0.29) is 17.6 Å². The van der Waals surface area contributed by atoms with Crippen LogP contribution < -0.4 is 10.1 Å². The van der Waals surface area contributed by atoms with Crippen LogP contribution in [0, 0.1) is 0 Å². The Kier molecular flexibility index (Phi) is 4.26. The molecule has 11 heteroatoms. The molecule has 0 fully saturated rings. The zero-order chi connectivity index (χ0) is 20.9. The molecule has 8 nitrogen and oxygen atoms in total. The average molecular weight is 418 g/mol. The standard InChI is InChI=1S/C19H17F3N6O2/c20-19(21,22)16-8-11(3-4-23-16)13-9-15-12(2-1-5-27(15)25-13)24-18(29)14-10-17-28(26-14)6-7-30-17/h3-4,8-10,12H,1-2,5-7H2,(H,24,29)/t12-/m0/s1. The van der Waals surface area contributed by atoms with Gasteiger partial charge in [-0.1, -0.05) is 0 Å². The normalized spacial score (nSPS) is 17.9. The van der Waals surface area contributed by atoms with E-state index in [4.69, 9.17) is 4.74 Å². The molecular weight excluding hydrogens is 401 g/mol. The predicted molar refractivity (Wildman–Crippen MR) is 97.6 cm³/mol. The van der Waals surface area contributed by atoms with Crippen LogP contribution in [0.4, 0.5) is 13.2 Å². The summed E-state index contributed by atoms with van der Waals surface area (Å²) >= 11 is 0. The van der Waals surface area contributed by atoms with Crippen LogP contribution in [0.2, 0.25) is 0 Å². The maximum absolute atomic E-state index is 13.0. The fourth-order valence-corrected chi connectivity index (χ4v) is 3.77. The van der Waals surface area contributed by atoms with E-state index in [9.17, 15) is 18.0 Å². The number of nitrogens with zero attached hydrogens (tertiary/aromatic N) is 5. The number of ether oxygens (including phenoxy) is 1. The molecule has 5 heterocycles. The molecule has 0 aromatic carbocycles. The summed E-state index contributed by atoms with van der Waals surface area (Å²) < 4.78 is 47.7. The van der Waals surface area contributed by atoms with Crippen molar-refractivity contribution in [3.8, 4) is 17.1 Å². The number of hydrogen-bond acceptors (Lipinski definition) is 5. The van der Waals surface area contributed by atoms with Crippen LogP contribution in [0.25, 0.3) is 11.3 Å². The van der Waals surface area contributed by atoms with Gasteiger partial charge in [-0.05, 0) is 31.0 Å². The molecule has 0 unspecified atom stereocenters. The van der Waals surface area contributed by atoms with E-state index in [1.165, 1.54) is 6.07 Å². The van der Waals surface area contributed by atoms with Crippen molar-refractivity contribution in [3.63, 3.8) is 0 Å². The van der Waals surface area contributed by atoms with Crippen LogP contribution in [0.15, 0.2) is 30.5 Å². The summed E-state index contributed by atoms with van der Waals surface area (Å²) in [7, 11) is 0. The fraction of sp³-hybridized carbons (Fsp3) is 0.368. The molecule has 0 saturated heterocycles. The van der Waals surface area contributed by atoms with Gasteiger partial charge in [0, 0.05) is 24.4 Å². The van der Waals surface area contributed by atoms with E-state index in [1.807, 2.05) is 0 Å². The van der Waals surface area contributed by atoms with Crippen LogP contribution in [0.1, 0.15) is 40.8 Å². The van der Waals surface area contributed by atoms with Gasteiger partial charge in [0.05, 0.1) is 24.0 Å². The Morgan fingerprint density at radius 2 is 2.03 bits per heavy atom. The van der Waals surface area contributed by atoms with Gasteiger partial charge >= 0.3 is 6.18 Å². The zero-order valence-corrected chi connectivity index (χ0v) is 15.7. The Morgan fingerprint density at radius 1 is 1.17 bits per heavy atom. The van der Waals surface area contributed by atoms with Crippen molar-refractivity contribution in [1.82, 2.24) is 29.9 Å². The van der Waals surface area contributed by atoms with E-state index >= 15 is 0 Å². The van der Waals surface area contributed by atoms with Crippen molar-refractivity contribution >= 4 is 5.91 Å². The molecule has 3 aromatic heterocycles. The number of alkyl halides is 3. The lowest BCUT2D eigenvalue weighted by atomic mass is 10.0. The van der Waals surface area contributed by atoms with Crippen LogP contribution in [-0.2, 0) is 19.3 Å². The van der Waals surface area contributed by atoms with Gasteiger partial charge in [-0.15, -0.1) is 0 Å². The van der Waals surface area contributed by atoms with Crippen molar-refractivity contribution in [3.05, 3.63) is 47.5 Å². The molecular formula is C19H17F3N6O2. The summed E-state index contributed by atoms with van der Waals surface area (Å²) in [5, 5.41) is 11.6. The number of rotatable bonds is 3. The number of fused-ring (bicyclic) bond motifs is 2. The second-order valence-electron chi connectivity index (χ2n) is 7.21. The smallest absolute Gasteiger partial charge is 0.433 e. The first-order valence-electron chi connectivity index (χ1n) is 9.51. The van der Waals surface area contributed by atoms with Gasteiger partial charge in [0.1, 0.15) is 12.3 Å². The summed E-state index contributed by atoms with van der Waals surface area (Å²) in [5.41, 5.74) is 0.787. The highest BCUT2D eigenvalue weighted by atomic mass is 19.4. The highest BCUT2D eigenvalue weighted by Gasteiger charge is 2.33. The fourth-order valence-electron chi connectivity index (χ4n) is 3.77. The summed E-state index contributed by atoms with van der Waals surface area (Å²) in [6.07, 6.45) is -1.92. The third-order valence-corrected chi connectivity index (χ3v) is 5.21. The number of nitrogens with one attached hydrogen (secondary N) is 1. The van der Waals surface area contributed by atoms with Crippen molar-refractivity contribution in [2.24, 2.45) is 0 Å². The number of carbonyl (C=O) groups excluding carboxylic acids is 1. The minimum absolute atomic E-state index is 0.269. The van der Waals surface area contributed by atoms with Crippen molar-refractivity contribution in [1.29, 1.82) is 0 Å². The van der Waals surface area contributed by atoms with Gasteiger partial charge in [0.2, 0.25) is 5.88 Å². The van der Waals surface area contributed by atoms with Crippen molar-refractivity contribution < 1.29 is 22.7 Å². The first-order valence-corrected chi connectivity index (χ1v) is 9.51. The molecule has 0 bridgehead atoms. The number of hydrogen-bond donors (Lipinski definition) is 1. The van der Waals surface area contributed by atoms with E-state index in [0.29, 0.717) is 43.3 Å². The van der Waals surface area contributed by atoms with Gasteiger partial charge in [0.25, 0.3) is 5.91 Å². The first kappa shape index (κ1) is 18.6. The summed E-state index contributed by atoms with van der Waals surface area (Å²) in [5.74, 6) is 0.235. The molecule has 3 aromatic rings. The summed E-state index contributed by atoms with van der Waals surface area (Å²) in [6.45, 7) is 1.78. The van der Waals surface area contributed by atoms with Crippen molar-refractivity contribution in [2.45, 2.75) is 38.1 Å². The number of amides is 1. The number of carbonyl (C=O) groups is 1. The maximum Gasteiger partial charge on any atom is 0.433 e. The quantitative estimate of drug-likeness (QED) is 0.707. The lowest BCUT2D eigenvalue weighted by molar-refractivity contribution is -0.141. The third kappa shape index (κ3) is 3.29. The monoisotopic (exact) mass is 418 g/mol. The predicted octanol–water partition coefficient (Wildman–Crippen LogP) is 2.82. The first-order chi connectivity index (χ1) is 14.4. The molecule has 2 aliphatic rings. The highest BCUT2D eigenvalue weighted by molar-refractivity contribution is 5.92. The molecule has 1 amide bonds. The minimum atomic E-state index is -4.53. The lowest BCUT2D eigenvalue weighted by Crippen LogP contribution is -2.33. The molecule has 0 aliphatic carbocycles. The number of pyridine rings is 1. The summed E-state index contributed by atoms with van der Waals surface area (Å²) in [6, 6.07) is 5.48. The summed E-state index contributed by atoms with van der Waals surface area (Å²) in [4.78, 5) is 16.0. The topological polar surface area (TPSA) is 86.9 Å². The van der Waals surface area contributed by atoms with Gasteiger partial charge in [-0.25, -0.2) is 4.68 Å². The molecule has 0 saturated carbocycles. The molecule has 0 radical (unpaired) electrons. The van der Waals surface area contributed by atoms with E-state index < -0.39 is 11.9 Å². The third-order valence-electron chi connectivity index (χ3n) is 5.21. The number of aromatic nitrogens is 5. The van der Waals surface area contributed by atoms with Gasteiger partial charge in [0.15, 0.2) is 5.69 Å². The van der Waals surface area contributed by atoms with E-state index in [1.54, 1.807) is 21.5 Å². The zero-order valence-electron chi connectivity index (χ0n) is 15.7. The van der Waals surface area contributed by atoms with Crippen LogP contribution >= 0.6 is 0 Å². The number of aryl methyl sites for hydroxylation is 1. The molecule has 1 N–H and O–H groups in total. The SMILES string of the molecule is O=C(N[C@H]1CCCn2nc(-c3ccnc(C(F)(F)F)c3)cc21)c1cc2n(n1)CCO2. The maximum atomic E-state index is 13.0. The molecule has 2 aliphatic heterocycles. The lowest BCUT2D eigenvalue weighted by Gasteiger charge is -2.24. The second-order valence-corrected chi connectivity index (χ2v) is 7.21. The van der Waals surface area contributed by atoms with Gasteiger partial charge < -0.3 is 10.1 Å². The van der Waals surface area contributed by atoms with Gasteiger partial charge in [-0.3, -0.25) is 14.5 Å². The molecule has 1 atom stereocenters. The Balaban J connectivity index is 1.40. The molecule has 156 valence electrons. The van der Waals surface area contributed by atoms with Crippen LogP contribution in [0.5, 0.6) is 5.88 Å². The largest absolute Gasteiger partial charge is 0.476 e. The molecule has 30 heavy (non-hydrogen) atoms. The molecule has 0 spiro atoms. The van der Waals surface area contributed by atoms with E-state index in [0.717, 1.165) is 24.4 Å². The molecule has 5 rings (SSSR count). The van der Waals surface area contributed by atoms with Crippen LogP contribution in [-0.4, -0.2) is 37.1 Å². The average Bonchev–Trinajstić information content (AvgIpc) is 3.42. The minimum Gasteiger partial charge on any atom is -0.476 e. The van der Waals surface area contributed by atoms with Gasteiger partial charge in [-0.2, -0.15) is 23.4 Å². The Labute approximate surface area is 168 Å².